The predicted molar refractivity (Wildman–Crippen MR) is 109 cm³/mol. The van der Waals surface area contributed by atoms with E-state index >= 15 is 0 Å². The number of fused-ring (bicyclic) bond motifs is 1. The second kappa shape index (κ2) is 7.81. The predicted octanol–water partition coefficient (Wildman–Crippen LogP) is 4.45. The third-order valence-electron chi connectivity index (χ3n) is 4.97. The van der Waals surface area contributed by atoms with Gasteiger partial charge in [-0.05, 0) is 49.2 Å². The molecule has 1 aliphatic heterocycles. The summed E-state index contributed by atoms with van der Waals surface area (Å²) in [5.74, 6) is -0.251. The Balaban J connectivity index is 1.39. The minimum absolute atomic E-state index is 0.0106. The maximum Gasteiger partial charge on any atom is 0.234 e. The second-order valence-electron chi connectivity index (χ2n) is 7.18. The molecule has 0 unspecified atom stereocenters. The number of aryl methyl sites for hydroxylation is 1. The molecule has 3 aromatic rings. The number of carbonyl (C=O) groups excluding carboxylic acids is 1. The quantitative estimate of drug-likeness (QED) is 0.694. The number of hydrogen-bond donors (Lipinski definition) is 1. The molecular formula is C22H22FN3OS. The number of thiazole rings is 1. The third kappa shape index (κ3) is 3.98. The van der Waals surface area contributed by atoms with Gasteiger partial charge in [0.2, 0.25) is 5.91 Å². The molecule has 1 aromatic heterocycles. The van der Waals surface area contributed by atoms with Crippen LogP contribution < -0.4 is 5.32 Å². The molecule has 0 saturated carbocycles. The average molecular weight is 396 g/mol. The van der Waals surface area contributed by atoms with Crippen molar-refractivity contribution in [1.82, 2.24) is 15.2 Å². The smallest absolute Gasteiger partial charge is 0.234 e. The van der Waals surface area contributed by atoms with Gasteiger partial charge in [-0.25, -0.2) is 9.37 Å². The summed E-state index contributed by atoms with van der Waals surface area (Å²) in [6.45, 7) is 5.92. The molecule has 1 atom stereocenters. The van der Waals surface area contributed by atoms with Gasteiger partial charge in [0.05, 0.1) is 23.2 Å². The number of rotatable bonds is 5. The first kappa shape index (κ1) is 18.8. The van der Waals surface area contributed by atoms with Crippen LogP contribution in [0.4, 0.5) is 4.39 Å². The van der Waals surface area contributed by atoms with Crippen molar-refractivity contribution >= 4 is 17.2 Å². The molecule has 1 N–H and O–H groups in total. The third-order valence-corrected chi connectivity index (χ3v) is 6.36. The molecule has 2 heterocycles. The van der Waals surface area contributed by atoms with Gasteiger partial charge in [0.25, 0.3) is 0 Å². The highest BCUT2D eigenvalue weighted by atomic mass is 32.1. The molecule has 4 rings (SSSR count). The molecule has 1 amide bonds. The van der Waals surface area contributed by atoms with E-state index in [0.29, 0.717) is 6.54 Å². The Labute approximate surface area is 168 Å². The minimum atomic E-state index is -0.262. The molecular weight excluding hydrogens is 373 g/mol. The lowest BCUT2D eigenvalue weighted by Gasteiger charge is -2.17. The van der Waals surface area contributed by atoms with Gasteiger partial charge in [-0.15, -0.1) is 11.3 Å². The van der Waals surface area contributed by atoms with E-state index < -0.39 is 0 Å². The lowest BCUT2D eigenvalue weighted by atomic mass is 10.1. The molecule has 6 heteroatoms. The SMILES string of the molecule is Cc1nc(-c2ccc(F)cc2)sc1[C@@H](C)NC(=O)CN1Cc2ccccc2C1. The molecule has 0 bridgehead atoms. The Morgan fingerprint density at radius 1 is 1.18 bits per heavy atom. The molecule has 1 aliphatic rings. The maximum atomic E-state index is 13.1. The minimum Gasteiger partial charge on any atom is -0.348 e. The first-order chi connectivity index (χ1) is 13.5. The normalized spacial score (nSPS) is 14.7. The van der Waals surface area contributed by atoms with Crippen molar-refractivity contribution in [2.75, 3.05) is 6.54 Å². The number of nitrogens with zero attached hydrogens (tertiary/aromatic N) is 2. The van der Waals surface area contributed by atoms with Crippen LogP contribution in [-0.4, -0.2) is 22.3 Å². The van der Waals surface area contributed by atoms with E-state index in [4.69, 9.17) is 0 Å². The number of halogens is 1. The summed E-state index contributed by atoms with van der Waals surface area (Å²) in [7, 11) is 0. The summed E-state index contributed by atoms with van der Waals surface area (Å²) in [6.07, 6.45) is 0. The van der Waals surface area contributed by atoms with Crippen LogP contribution in [0.1, 0.15) is 34.7 Å². The first-order valence-corrected chi connectivity index (χ1v) is 10.1. The lowest BCUT2D eigenvalue weighted by Crippen LogP contribution is -2.35. The van der Waals surface area contributed by atoms with Crippen LogP contribution in [0, 0.1) is 12.7 Å². The van der Waals surface area contributed by atoms with Crippen molar-refractivity contribution in [3.8, 4) is 10.6 Å². The highest BCUT2D eigenvalue weighted by Crippen LogP contribution is 2.32. The van der Waals surface area contributed by atoms with Crippen LogP contribution in [0.15, 0.2) is 48.5 Å². The molecule has 144 valence electrons. The summed E-state index contributed by atoms with van der Waals surface area (Å²) in [6, 6.07) is 14.5. The molecule has 0 spiro atoms. The zero-order valence-corrected chi connectivity index (χ0v) is 16.7. The Bertz CT molecular complexity index is 974. The number of nitrogens with one attached hydrogen (secondary N) is 1. The summed E-state index contributed by atoms with van der Waals surface area (Å²) < 4.78 is 13.1. The van der Waals surface area contributed by atoms with Gasteiger partial charge in [0.15, 0.2) is 0 Å². The largest absolute Gasteiger partial charge is 0.348 e. The van der Waals surface area contributed by atoms with Crippen LogP contribution in [0.3, 0.4) is 0 Å². The van der Waals surface area contributed by atoms with Gasteiger partial charge >= 0.3 is 0 Å². The van der Waals surface area contributed by atoms with E-state index in [0.717, 1.165) is 34.2 Å². The van der Waals surface area contributed by atoms with Crippen molar-refractivity contribution < 1.29 is 9.18 Å². The summed E-state index contributed by atoms with van der Waals surface area (Å²) in [5, 5.41) is 3.93. The van der Waals surface area contributed by atoms with E-state index in [2.05, 4.69) is 27.3 Å². The lowest BCUT2D eigenvalue weighted by molar-refractivity contribution is -0.123. The van der Waals surface area contributed by atoms with Crippen LogP contribution in [-0.2, 0) is 17.9 Å². The summed E-state index contributed by atoms with van der Waals surface area (Å²) in [5.41, 5.74) is 4.37. The number of benzene rings is 2. The van der Waals surface area contributed by atoms with Gasteiger partial charge in [-0.1, -0.05) is 24.3 Å². The van der Waals surface area contributed by atoms with Crippen molar-refractivity contribution in [3.63, 3.8) is 0 Å². The highest BCUT2D eigenvalue weighted by molar-refractivity contribution is 7.15. The Morgan fingerprint density at radius 3 is 2.46 bits per heavy atom. The molecule has 2 aromatic carbocycles. The monoisotopic (exact) mass is 395 g/mol. The fourth-order valence-corrected chi connectivity index (χ4v) is 4.67. The first-order valence-electron chi connectivity index (χ1n) is 9.31. The Kier molecular flexibility index (Phi) is 5.24. The van der Waals surface area contributed by atoms with Gasteiger partial charge in [-0.2, -0.15) is 0 Å². The number of amides is 1. The van der Waals surface area contributed by atoms with E-state index in [1.165, 1.54) is 34.6 Å². The number of aromatic nitrogens is 1. The van der Waals surface area contributed by atoms with Gasteiger partial charge in [0.1, 0.15) is 10.8 Å². The average Bonchev–Trinajstić information content (AvgIpc) is 3.25. The van der Waals surface area contributed by atoms with E-state index in [-0.39, 0.29) is 17.8 Å². The van der Waals surface area contributed by atoms with E-state index in [1.54, 1.807) is 12.1 Å². The van der Waals surface area contributed by atoms with Gasteiger partial charge in [-0.3, -0.25) is 9.69 Å². The fraction of sp³-hybridized carbons (Fsp3) is 0.273. The van der Waals surface area contributed by atoms with Crippen molar-refractivity contribution in [3.05, 3.63) is 76.0 Å². The standard InChI is InChI=1S/C22H22FN3OS/c1-14(21-15(2)25-22(28-21)16-7-9-19(23)10-8-16)24-20(27)13-26-11-17-5-3-4-6-18(17)12-26/h3-10,14H,11-13H2,1-2H3,(H,24,27)/t14-/m1/s1. The Morgan fingerprint density at radius 2 is 1.82 bits per heavy atom. The highest BCUT2D eigenvalue weighted by Gasteiger charge is 2.22. The molecule has 0 saturated heterocycles. The van der Waals surface area contributed by atoms with E-state index in [9.17, 15) is 9.18 Å². The van der Waals surface area contributed by atoms with Crippen molar-refractivity contribution in [2.24, 2.45) is 0 Å². The van der Waals surface area contributed by atoms with Crippen LogP contribution in [0.2, 0.25) is 0 Å². The zero-order chi connectivity index (χ0) is 19.7. The van der Waals surface area contributed by atoms with Gasteiger partial charge < -0.3 is 5.32 Å². The van der Waals surface area contributed by atoms with Crippen LogP contribution >= 0.6 is 11.3 Å². The van der Waals surface area contributed by atoms with Crippen LogP contribution in [0.25, 0.3) is 10.6 Å². The fourth-order valence-electron chi connectivity index (χ4n) is 3.60. The number of hydrogen-bond acceptors (Lipinski definition) is 4. The van der Waals surface area contributed by atoms with Gasteiger partial charge in [0, 0.05) is 18.7 Å². The molecule has 0 aliphatic carbocycles. The van der Waals surface area contributed by atoms with Crippen LogP contribution in [0.5, 0.6) is 0 Å². The molecule has 4 nitrogen and oxygen atoms in total. The Hall–Kier alpha value is -2.57. The topological polar surface area (TPSA) is 45.2 Å². The zero-order valence-electron chi connectivity index (χ0n) is 15.9. The molecule has 28 heavy (non-hydrogen) atoms. The van der Waals surface area contributed by atoms with Crippen molar-refractivity contribution in [1.29, 1.82) is 0 Å². The number of carbonyl (C=O) groups is 1. The summed E-state index contributed by atoms with van der Waals surface area (Å²) >= 11 is 1.54. The maximum absolute atomic E-state index is 13.1. The summed E-state index contributed by atoms with van der Waals surface area (Å²) in [4.78, 5) is 20.3. The molecule has 0 radical (unpaired) electrons. The van der Waals surface area contributed by atoms with Crippen molar-refractivity contribution in [2.45, 2.75) is 33.0 Å². The molecule has 0 fully saturated rings. The second-order valence-corrected chi connectivity index (χ2v) is 8.21. The van der Waals surface area contributed by atoms with E-state index in [1.807, 2.05) is 26.0 Å².